The minimum atomic E-state index is -0.760. The molecule has 0 aliphatic heterocycles. The van der Waals surface area contributed by atoms with Gasteiger partial charge in [-0.2, -0.15) is 5.10 Å². The van der Waals surface area contributed by atoms with Gasteiger partial charge in [-0.25, -0.2) is 9.98 Å². The summed E-state index contributed by atoms with van der Waals surface area (Å²) < 4.78 is 7.18. The van der Waals surface area contributed by atoms with Crippen LogP contribution in [0, 0.1) is 0 Å². The van der Waals surface area contributed by atoms with E-state index in [4.69, 9.17) is 27.9 Å². The van der Waals surface area contributed by atoms with Crippen molar-refractivity contribution in [3.05, 3.63) is 40.4 Å². The third-order valence-electron chi connectivity index (χ3n) is 3.38. The molecule has 2 rings (SSSR count). The Kier molecular flexibility index (Phi) is 10.7. The average Bonchev–Trinajstić information content (AvgIpc) is 3.03. The number of rotatable bonds is 8. The van der Waals surface area contributed by atoms with Crippen molar-refractivity contribution >= 4 is 53.1 Å². The number of ether oxygens (including phenoxy) is 1. The molecule has 0 aliphatic carbocycles. The van der Waals surface area contributed by atoms with Crippen LogP contribution in [0.2, 0.25) is 10.0 Å². The number of aromatic nitrogens is 3. The molecule has 0 bridgehead atoms. The molecule has 1 heterocycles. The highest BCUT2D eigenvalue weighted by atomic mass is 127. The molecule has 1 atom stereocenters. The van der Waals surface area contributed by atoms with Gasteiger partial charge in [0, 0.05) is 20.1 Å². The van der Waals surface area contributed by atoms with Crippen molar-refractivity contribution in [2.24, 2.45) is 12.0 Å². The lowest BCUT2D eigenvalue weighted by molar-refractivity contribution is 0.110. The Labute approximate surface area is 185 Å². The lowest BCUT2D eigenvalue weighted by atomic mass is 10.3. The summed E-state index contributed by atoms with van der Waals surface area (Å²) in [6.45, 7) is 3.34. The van der Waals surface area contributed by atoms with Crippen molar-refractivity contribution in [1.82, 2.24) is 25.4 Å². The Balaban J connectivity index is 0.00000364. The number of aryl methyl sites for hydroxylation is 1. The molecule has 11 heteroatoms. The van der Waals surface area contributed by atoms with E-state index in [-0.39, 0.29) is 37.1 Å². The molecule has 0 amide bonds. The van der Waals surface area contributed by atoms with E-state index in [1.54, 1.807) is 29.9 Å². The summed E-state index contributed by atoms with van der Waals surface area (Å²) in [5.41, 5.74) is 0. The Bertz CT molecular complexity index is 743. The zero-order valence-electron chi connectivity index (χ0n) is 15.0. The second-order valence-electron chi connectivity index (χ2n) is 5.39. The van der Waals surface area contributed by atoms with Crippen molar-refractivity contribution in [1.29, 1.82) is 0 Å². The van der Waals surface area contributed by atoms with Gasteiger partial charge in [-0.15, -0.1) is 24.0 Å². The molecular formula is C16H23Cl2IN6O2. The number of hydrogen-bond acceptors (Lipinski definition) is 5. The molecule has 0 saturated carbocycles. The maximum absolute atomic E-state index is 10.1. The van der Waals surface area contributed by atoms with Crippen molar-refractivity contribution in [2.75, 3.05) is 19.7 Å². The predicted molar refractivity (Wildman–Crippen MR) is 117 cm³/mol. The van der Waals surface area contributed by atoms with Crippen molar-refractivity contribution < 1.29 is 9.84 Å². The van der Waals surface area contributed by atoms with Crippen LogP contribution in [-0.4, -0.2) is 51.6 Å². The molecule has 0 aliphatic rings. The first-order valence-corrected chi connectivity index (χ1v) is 8.86. The van der Waals surface area contributed by atoms with Gasteiger partial charge in [0.1, 0.15) is 42.2 Å². The summed E-state index contributed by atoms with van der Waals surface area (Å²) in [6, 6.07) is 5.10. The second-order valence-corrected chi connectivity index (χ2v) is 6.18. The monoisotopic (exact) mass is 528 g/mol. The van der Waals surface area contributed by atoms with Crippen LogP contribution < -0.4 is 15.4 Å². The van der Waals surface area contributed by atoms with Crippen molar-refractivity contribution in [3.8, 4) is 5.75 Å². The summed E-state index contributed by atoms with van der Waals surface area (Å²) in [5.74, 6) is 1.73. The summed E-state index contributed by atoms with van der Waals surface area (Å²) in [6.07, 6.45) is 0.719. The van der Waals surface area contributed by atoms with E-state index in [9.17, 15) is 5.11 Å². The average molecular weight is 529 g/mol. The molecule has 0 fully saturated rings. The van der Waals surface area contributed by atoms with Gasteiger partial charge < -0.3 is 20.5 Å². The quantitative estimate of drug-likeness (QED) is 0.276. The molecule has 2 aromatic rings. The molecule has 1 aromatic carbocycles. The van der Waals surface area contributed by atoms with E-state index in [0.29, 0.717) is 34.8 Å². The third kappa shape index (κ3) is 7.68. The van der Waals surface area contributed by atoms with Crippen molar-refractivity contribution in [2.45, 2.75) is 19.6 Å². The lowest BCUT2D eigenvalue weighted by Crippen LogP contribution is -2.42. The maximum Gasteiger partial charge on any atom is 0.191 e. The van der Waals surface area contributed by atoms with Gasteiger partial charge in [0.05, 0.1) is 5.02 Å². The van der Waals surface area contributed by atoms with Crippen LogP contribution in [0.4, 0.5) is 0 Å². The fourth-order valence-electron chi connectivity index (χ4n) is 2.01. The van der Waals surface area contributed by atoms with E-state index in [2.05, 4.69) is 25.7 Å². The Hall–Kier alpha value is -1.30. The maximum atomic E-state index is 10.1. The van der Waals surface area contributed by atoms with Gasteiger partial charge in [0.2, 0.25) is 0 Å². The summed E-state index contributed by atoms with van der Waals surface area (Å²) in [4.78, 5) is 8.53. The fourth-order valence-corrected chi connectivity index (χ4v) is 2.36. The van der Waals surface area contributed by atoms with Crippen LogP contribution in [0.15, 0.2) is 29.5 Å². The van der Waals surface area contributed by atoms with Crippen LogP contribution in [0.3, 0.4) is 0 Å². The number of aliphatic hydroxyl groups excluding tert-OH is 1. The van der Waals surface area contributed by atoms with E-state index < -0.39 is 6.10 Å². The van der Waals surface area contributed by atoms with E-state index >= 15 is 0 Å². The molecule has 1 aromatic heterocycles. The van der Waals surface area contributed by atoms with Crippen LogP contribution in [-0.2, 0) is 13.6 Å². The molecule has 3 N–H and O–H groups in total. The van der Waals surface area contributed by atoms with Gasteiger partial charge in [0.25, 0.3) is 0 Å². The van der Waals surface area contributed by atoms with Crippen molar-refractivity contribution in [3.63, 3.8) is 0 Å². The van der Waals surface area contributed by atoms with E-state index in [1.165, 1.54) is 6.33 Å². The van der Waals surface area contributed by atoms with Gasteiger partial charge in [-0.05, 0) is 19.1 Å². The van der Waals surface area contributed by atoms with Gasteiger partial charge >= 0.3 is 0 Å². The van der Waals surface area contributed by atoms with Crippen LogP contribution in [0.1, 0.15) is 12.7 Å². The fraction of sp³-hybridized carbons (Fsp3) is 0.438. The molecule has 0 saturated heterocycles. The number of aliphatic hydroxyl groups is 1. The number of guanidine groups is 1. The number of nitrogens with zero attached hydrogens (tertiary/aromatic N) is 4. The Morgan fingerprint density at radius 1 is 1.37 bits per heavy atom. The zero-order valence-corrected chi connectivity index (χ0v) is 18.9. The number of aliphatic imine (C=N–C) groups is 1. The number of hydrogen-bond donors (Lipinski definition) is 3. The predicted octanol–water partition coefficient (Wildman–Crippen LogP) is 2.23. The first-order chi connectivity index (χ1) is 12.5. The highest BCUT2D eigenvalue weighted by molar-refractivity contribution is 14.0. The first kappa shape index (κ1) is 23.7. The van der Waals surface area contributed by atoms with Crippen LogP contribution >= 0.6 is 47.2 Å². The topological polar surface area (TPSA) is 96.6 Å². The first-order valence-electron chi connectivity index (χ1n) is 8.11. The van der Waals surface area contributed by atoms with Gasteiger partial charge in [-0.1, -0.05) is 29.3 Å². The summed E-state index contributed by atoms with van der Waals surface area (Å²) in [7, 11) is 1.81. The molecule has 27 heavy (non-hydrogen) atoms. The molecule has 1 unspecified atom stereocenters. The molecule has 150 valence electrons. The summed E-state index contributed by atoms with van der Waals surface area (Å²) in [5, 5.41) is 21.0. The molecule has 0 radical (unpaired) electrons. The van der Waals surface area contributed by atoms with Crippen LogP contribution in [0.5, 0.6) is 5.75 Å². The van der Waals surface area contributed by atoms with Crippen LogP contribution in [0.25, 0.3) is 0 Å². The SMILES string of the molecule is CCNC(=NCc1ncnn1C)NCC(O)COc1cccc(Cl)c1Cl.I. The molecule has 0 spiro atoms. The highest BCUT2D eigenvalue weighted by Gasteiger charge is 2.10. The lowest BCUT2D eigenvalue weighted by Gasteiger charge is -2.16. The minimum Gasteiger partial charge on any atom is -0.489 e. The highest BCUT2D eigenvalue weighted by Crippen LogP contribution is 2.31. The van der Waals surface area contributed by atoms with E-state index in [1.807, 2.05) is 6.92 Å². The number of benzene rings is 1. The standard InChI is InChI=1S/C16H22Cl2N6O2.HI/c1-3-19-16(21-8-14-22-10-23-24(14)2)20-7-11(25)9-26-13-6-4-5-12(17)15(13)18;/h4-6,10-11,25H,3,7-9H2,1-2H3,(H2,19,20,21);1H. The molecular weight excluding hydrogens is 506 g/mol. The third-order valence-corrected chi connectivity index (χ3v) is 4.18. The number of nitrogens with one attached hydrogen (secondary N) is 2. The molecule has 8 nitrogen and oxygen atoms in total. The van der Waals surface area contributed by atoms with Gasteiger partial charge in [-0.3, -0.25) is 4.68 Å². The largest absolute Gasteiger partial charge is 0.489 e. The minimum absolute atomic E-state index is 0. The zero-order chi connectivity index (χ0) is 18.9. The Morgan fingerprint density at radius 3 is 2.81 bits per heavy atom. The Morgan fingerprint density at radius 2 is 2.15 bits per heavy atom. The van der Waals surface area contributed by atoms with Gasteiger partial charge in [0.15, 0.2) is 5.96 Å². The van der Waals surface area contributed by atoms with E-state index in [0.717, 1.165) is 5.82 Å². The normalized spacial score (nSPS) is 12.3. The summed E-state index contributed by atoms with van der Waals surface area (Å²) >= 11 is 12.0. The number of halogens is 3. The smallest absolute Gasteiger partial charge is 0.191 e. The second kappa shape index (κ2) is 12.2.